The SMILES string of the molecule is Cn1c(=O)n(CCOCCO)c(=O)c2c1nc(Oc1ccc(Cl)c(C(F)(F)F)c1)n2Cc1ccc(Cl)cc1. The molecular formula is C24H21Cl2F3N4O5. The highest BCUT2D eigenvalue weighted by molar-refractivity contribution is 6.31. The number of ether oxygens (including phenoxy) is 2. The lowest BCUT2D eigenvalue weighted by molar-refractivity contribution is -0.137. The summed E-state index contributed by atoms with van der Waals surface area (Å²) in [4.78, 5) is 30.7. The number of aryl methyl sites for hydroxylation is 1. The number of aromatic nitrogens is 4. The zero-order valence-corrected chi connectivity index (χ0v) is 21.3. The minimum atomic E-state index is -4.73. The fraction of sp³-hybridized carbons (Fsp3) is 0.292. The predicted octanol–water partition coefficient (Wildman–Crippen LogP) is 4.07. The van der Waals surface area contributed by atoms with Crippen molar-refractivity contribution in [1.82, 2.24) is 18.7 Å². The average Bonchev–Trinajstić information content (AvgIpc) is 3.22. The zero-order valence-electron chi connectivity index (χ0n) is 19.8. The number of fused-ring (bicyclic) bond motifs is 1. The maximum atomic E-state index is 13.5. The summed E-state index contributed by atoms with van der Waals surface area (Å²) in [7, 11) is 1.41. The van der Waals surface area contributed by atoms with E-state index >= 15 is 0 Å². The number of imidazole rings is 1. The van der Waals surface area contributed by atoms with Gasteiger partial charge in [0.1, 0.15) is 5.75 Å². The van der Waals surface area contributed by atoms with Gasteiger partial charge in [-0.25, -0.2) is 4.79 Å². The molecule has 0 aliphatic carbocycles. The Kier molecular flexibility index (Phi) is 8.16. The maximum absolute atomic E-state index is 13.5. The van der Waals surface area contributed by atoms with Gasteiger partial charge in [0.25, 0.3) is 5.56 Å². The second kappa shape index (κ2) is 11.2. The maximum Gasteiger partial charge on any atom is 0.417 e. The molecule has 0 aliphatic heterocycles. The molecule has 0 atom stereocenters. The van der Waals surface area contributed by atoms with Crippen LogP contribution in [0.1, 0.15) is 11.1 Å². The van der Waals surface area contributed by atoms with Gasteiger partial charge in [-0.15, -0.1) is 0 Å². The van der Waals surface area contributed by atoms with E-state index in [-0.39, 0.29) is 55.8 Å². The Balaban J connectivity index is 1.87. The highest BCUT2D eigenvalue weighted by atomic mass is 35.5. The van der Waals surface area contributed by atoms with Gasteiger partial charge in [0.15, 0.2) is 11.2 Å². The molecule has 4 aromatic rings. The molecule has 202 valence electrons. The summed E-state index contributed by atoms with van der Waals surface area (Å²) in [5, 5.41) is 8.86. The molecule has 4 rings (SSSR count). The summed E-state index contributed by atoms with van der Waals surface area (Å²) >= 11 is 11.7. The van der Waals surface area contributed by atoms with Crippen LogP contribution in [0.5, 0.6) is 11.8 Å². The summed E-state index contributed by atoms with van der Waals surface area (Å²) in [6.07, 6.45) is -4.73. The summed E-state index contributed by atoms with van der Waals surface area (Å²) < 4.78 is 54.6. The molecule has 0 bridgehead atoms. The standard InChI is InChI=1S/C24H21Cl2F3N4O5/c1-31-20-19(21(35)32(23(31)36)8-10-37-11-9-34)33(13-14-2-4-15(25)5-3-14)22(30-20)38-16-6-7-18(26)17(12-16)24(27,28)29/h2-7,12,34H,8-11,13H2,1H3. The van der Waals surface area contributed by atoms with Gasteiger partial charge in [0.2, 0.25) is 0 Å². The Hall–Kier alpha value is -3.32. The molecule has 0 fully saturated rings. The zero-order chi connectivity index (χ0) is 27.6. The number of benzene rings is 2. The molecule has 2 aromatic heterocycles. The highest BCUT2D eigenvalue weighted by Gasteiger charge is 2.34. The van der Waals surface area contributed by atoms with E-state index in [1.807, 2.05) is 0 Å². The van der Waals surface area contributed by atoms with Gasteiger partial charge in [-0.2, -0.15) is 18.2 Å². The number of aliphatic hydroxyl groups is 1. The number of rotatable bonds is 9. The van der Waals surface area contributed by atoms with E-state index in [4.69, 9.17) is 37.8 Å². The van der Waals surface area contributed by atoms with Crippen molar-refractivity contribution in [2.45, 2.75) is 19.3 Å². The topological polar surface area (TPSA) is 101 Å². The average molecular weight is 573 g/mol. The van der Waals surface area contributed by atoms with Crippen LogP contribution in [-0.2, 0) is 31.1 Å². The first-order chi connectivity index (χ1) is 18.0. The van der Waals surface area contributed by atoms with Crippen molar-refractivity contribution in [1.29, 1.82) is 0 Å². The lowest BCUT2D eigenvalue weighted by atomic mass is 10.2. The molecule has 0 saturated carbocycles. The molecule has 0 radical (unpaired) electrons. The summed E-state index contributed by atoms with van der Waals surface area (Å²) in [5.74, 6) is -0.225. The van der Waals surface area contributed by atoms with Crippen LogP contribution in [0, 0.1) is 0 Å². The molecule has 0 aliphatic rings. The van der Waals surface area contributed by atoms with Crippen LogP contribution in [0.2, 0.25) is 10.0 Å². The Bertz CT molecular complexity index is 1580. The molecule has 2 heterocycles. The Morgan fingerprint density at radius 2 is 1.74 bits per heavy atom. The molecule has 0 amide bonds. The van der Waals surface area contributed by atoms with Crippen LogP contribution in [0.4, 0.5) is 13.2 Å². The van der Waals surface area contributed by atoms with Crippen molar-refractivity contribution in [3.8, 4) is 11.8 Å². The number of hydrogen-bond acceptors (Lipinski definition) is 6. The fourth-order valence-electron chi connectivity index (χ4n) is 3.76. The smallest absolute Gasteiger partial charge is 0.417 e. The third-order valence-corrected chi connectivity index (χ3v) is 6.18. The van der Waals surface area contributed by atoms with Crippen LogP contribution in [-0.4, -0.2) is 43.6 Å². The highest BCUT2D eigenvalue weighted by Crippen LogP contribution is 2.38. The fourth-order valence-corrected chi connectivity index (χ4v) is 4.11. The van der Waals surface area contributed by atoms with Crippen LogP contribution in [0.25, 0.3) is 11.2 Å². The van der Waals surface area contributed by atoms with E-state index < -0.39 is 28.0 Å². The number of nitrogens with zero attached hydrogens (tertiary/aromatic N) is 4. The van der Waals surface area contributed by atoms with Crippen LogP contribution in [0.3, 0.4) is 0 Å². The number of halogens is 5. The lowest BCUT2D eigenvalue weighted by Crippen LogP contribution is -2.40. The van der Waals surface area contributed by atoms with Crippen molar-refractivity contribution in [2.24, 2.45) is 7.05 Å². The van der Waals surface area contributed by atoms with E-state index in [1.165, 1.54) is 17.7 Å². The minimum absolute atomic E-state index is 0.00998. The van der Waals surface area contributed by atoms with E-state index in [2.05, 4.69) is 4.98 Å². The molecular weight excluding hydrogens is 552 g/mol. The molecule has 0 unspecified atom stereocenters. The first-order valence-electron chi connectivity index (χ1n) is 11.2. The summed E-state index contributed by atoms with van der Waals surface area (Å²) in [6.45, 7) is -0.278. The van der Waals surface area contributed by atoms with E-state index in [0.717, 1.165) is 21.3 Å². The molecule has 2 aromatic carbocycles. The first-order valence-corrected chi connectivity index (χ1v) is 11.9. The van der Waals surface area contributed by atoms with Crippen LogP contribution < -0.4 is 16.0 Å². The number of hydrogen-bond donors (Lipinski definition) is 1. The van der Waals surface area contributed by atoms with Gasteiger partial charge in [-0.3, -0.25) is 18.5 Å². The van der Waals surface area contributed by atoms with Gasteiger partial charge in [-0.1, -0.05) is 35.3 Å². The molecule has 0 saturated heterocycles. The van der Waals surface area contributed by atoms with Gasteiger partial charge in [0.05, 0.1) is 43.5 Å². The monoisotopic (exact) mass is 572 g/mol. The second-order valence-corrected chi connectivity index (χ2v) is 9.00. The van der Waals surface area contributed by atoms with Crippen molar-refractivity contribution in [3.05, 3.63) is 84.5 Å². The second-order valence-electron chi connectivity index (χ2n) is 8.16. The van der Waals surface area contributed by atoms with E-state index in [0.29, 0.717) is 10.6 Å². The van der Waals surface area contributed by atoms with Gasteiger partial charge in [-0.05, 0) is 35.9 Å². The van der Waals surface area contributed by atoms with E-state index in [9.17, 15) is 22.8 Å². The van der Waals surface area contributed by atoms with Crippen LogP contribution >= 0.6 is 23.2 Å². The molecule has 1 N–H and O–H groups in total. The van der Waals surface area contributed by atoms with E-state index in [1.54, 1.807) is 24.3 Å². The largest absolute Gasteiger partial charge is 0.425 e. The Labute approximate surface area is 223 Å². The number of aliphatic hydroxyl groups excluding tert-OH is 1. The lowest BCUT2D eigenvalue weighted by Gasteiger charge is -2.13. The predicted molar refractivity (Wildman–Crippen MR) is 134 cm³/mol. The third-order valence-electron chi connectivity index (χ3n) is 5.60. The van der Waals surface area contributed by atoms with Crippen molar-refractivity contribution >= 4 is 34.4 Å². The molecule has 38 heavy (non-hydrogen) atoms. The Morgan fingerprint density at radius 3 is 2.39 bits per heavy atom. The van der Waals surface area contributed by atoms with Crippen molar-refractivity contribution < 1.29 is 27.8 Å². The minimum Gasteiger partial charge on any atom is -0.425 e. The summed E-state index contributed by atoms with van der Waals surface area (Å²) in [6, 6.07) is 9.46. The number of alkyl halides is 3. The molecule has 9 nitrogen and oxygen atoms in total. The molecule has 0 spiro atoms. The van der Waals surface area contributed by atoms with Crippen molar-refractivity contribution in [2.75, 3.05) is 19.8 Å². The third kappa shape index (κ3) is 5.73. The van der Waals surface area contributed by atoms with Gasteiger partial charge >= 0.3 is 17.9 Å². The van der Waals surface area contributed by atoms with Gasteiger partial charge in [0, 0.05) is 12.1 Å². The van der Waals surface area contributed by atoms with Crippen LogP contribution in [0.15, 0.2) is 52.1 Å². The summed E-state index contributed by atoms with van der Waals surface area (Å²) in [5.41, 5.74) is -1.83. The molecule has 14 heteroatoms. The quantitative estimate of drug-likeness (QED) is 0.303. The van der Waals surface area contributed by atoms with Gasteiger partial charge < -0.3 is 14.6 Å². The van der Waals surface area contributed by atoms with Crippen molar-refractivity contribution in [3.63, 3.8) is 0 Å². The Morgan fingerprint density at radius 1 is 1.03 bits per heavy atom. The normalized spacial score (nSPS) is 11.9. The first kappa shape index (κ1) is 27.7.